The predicted octanol–water partition coefficient (Wildman–Crippen LogP) is 2.22. The van der Waals surface area contributed by atoms with Crippen molar-refractivity contribution in [2.75, 3.05) is 0 Å². The van der Waals surface area contributed by atoms with Gasteiger partial charge in [0, 0.05) is 0 Å². The molecule has 0 bridgehead atoms. The highest BCUT2D eigenvalue weighted by Crippen LogP contribution is 2.42. The standard InChI is InChI=1S/C15H18N2O2/c1-10-4-3-5-11(8-10)9-17-13(18)15(2,12-6-7-12)16-14(17)19/h3-5,8,12H,6-7,9H2,1-2H3,(H,16,19). The number of rotatable bonds is 3. The van der Waals surface area contributed by atoms with Gasteiger partial charge in [-0.05, 0) is 38.2 Å². The summed E-state index contributed by atoms with van der Waals surface area (Å²) in [6.45, 7) is 4.21. The van der Waals surface area contributed by atoms with E-state index >= 15 is 0 Å². The van der Waals surface area contributed by atoms with Crippen molar-refractivity contribution < 1.29 is 9.59 Å². The van der Waals surface area contributed by atoms with Crippen LogP contribution in [0.1, 0.15) is 30.9 Å². The predicted molar refractivity (Wildman–Crippen MR) is 71.4 cm³/mol. The zero-order valence-electron chi connectivity index (χ0n) is 11.3. The molecule has 1 aliphatic heterocycles. The second kappa shape index (κ2) is 4.08. The number of nitrogens with zero attached hydrogens (tertiary/aromatic N) is 1. The van der Waals surface area contributed by atoms with E-state index in [-0.39, 0.29) is 11.9 Å². The fraction of sp³-hybridized carbons (Fsp3) is 0.467. The minimum absolute atomic E-state index is 0.0819. The average Bonchev–Trinajstić information content (AvgIpc) is 3.16. The molecule has 1 aromatic rings. The summed E-state index contributed by atoms with van der Waals surface area (Å²) in [4.78, 5) is 25.8. The molecule has 2 fully saturated rings. The molecule has 4 nitrogen and oxygen atoms in total. The molecule has 1 heterocycles. The van der Waals surface area contributed by atoms with Gasteiger partial charge in [0.1, 0.15) is 5.54 Å². The van der Waals surface area contributed by atoms with Crippen LogP contribution in [0.5, 0.6) is 0 Å². The largest absolute Gasteiger partial charge is 0.325 e. The fourth-order valence-electron chi connectivity index (χ4n) is 2.79. The summed E-state index contributed by atoms with van der Waals surface area (Å²) in [6.07, 6.45) is 2.06. The minimum atomic E-state index is -0.680. The van der Waals surface area contributed by atoms with Gasteiger partial charge < -0.3 is 5.32 Å². The van der Waals surface area contributed by atoms with Crippen LogP contribution in [-0.2, 0) is 11.3 Å². The summed E-state index contributed by atoms with van der Waals surface area (Å²) in [5.74, 6) is 0.230. The first-order chi connectivity index (χ1) is 9.00. The highest BCUT2D eigenvalue weighted by Gasteiger charge is 2.55. The van der Waals surface area contributed by atoms with Crippen molar-refractivity contribution in [2.45, 2.75) is 38.8 Å². The van der Waals surface area contributed by atoms with E-state index in [0.717, 1.165) is 24.0 Å². The van der Waals surface area contributed by atoms with Gasteiger partial charge in [-0.3, -0.25) is 9.69 Å². The maximum Gasteiger partial charge on any atom is 0.325 e. The van der Waals surface area contributed by atoms with Crippen molar-refractivity contribution in [3.05, 3.63) is 35.4 Å². The molecule has 1 saturated carbocycles. The third-order valence-corrected chi connectivity index (χ3v) is 4.12. The SMILES string of the molecule is Cc1cccc(CN2C(=O)NC(C)(C3CC3)C2=O)c1. The van der Waals surface area contributed by atoms with Crippen LogP contribution < -0.4 is 5.32 Å². The molecule has 1 unspecified atom stereocenters. The van der Waals surface area contributed by atoms with E-state index in [9.17, 15) is 9.59 Å². The molecule has 0 radical (unpaired) electrons. The Morgan fingerprint density at radius 1 is 1.37 bits per heavy atom. The molecular formula is C15H18N2O2. The molecule has 19 heavy (non-hydrogen) atoms. The lowest BCUT2D eigenvalue weighted by atomic mass is 9.96. The molecule has 3 rings (SSSR count). The maximum atomic E-state index is 12.5. The maximum absolute atomic E-state index is 12.5. The van der Waals surface area contributed by atoms with Crippen LogP contribution in [0.4, 0.5) is 4.79 Å². The van der Waals surface area contributed by atoms with Crippen molar-refractivity contribution in [2.24, 2.45) is 5.92 Å². The van der Waals surface area contributed by atoms with Gasteiger partial charge in [-0.2, -0.15) is 0 Å². The second-order valence-corrected chi connectivity index (χ2v) is 5.79. The zero-order chi connectivity index (χ0) is 13.6. The number of urea groups is 1. The van der Waals surface area contributed by atoms with Gasteiger partial charge in [-0.1, -0.05) is 29.8 Å². The van der Waals surface area contributed by atoms with E-state index < -0.39 is 5.54 Å². The summed E-state index contributed by atoms with van der Waals surface area (Å²) >= 11 is 0. The van der Waals surface area contributed by atoms with E-state index in [4.69, 9.17) is 0 Å². The van der Waals surface area contributed by atoms with E-state index in [1.807, 2.05) is 38.1 Å². The first kappa shape index (κ1) is 12.2. The second-order valence-electron chi connectivity index (χ2n) is 5.79. The van der Waals surface area contributed by atoms with Crippen LogP contribution in [0.3, 0.4) is 0 Å². The Hall–Kier alpha value is -1.84. The minimum Gasteiger partial charge on any atom is -0.323 e. The van der Waals surface area contributed by atoms with Gasteiger partial charge in [-0.15, -0.1) is 0 Å². The number of hydrogen-bond donors (Lipinski definition) is 1. The monoisotopic (exact) mass is 258 g/mol. The highest BCUT2D eigenvalue weighted by molar-refractivity contribution is 6.07. The lowest BCUT2D eigenvalue weighted by Crippen LogP contribution is -2.46. The van der Waals surface area contributed by atoms with E-state index in [0.29, 0.717) is 12.5 Å². The van der Waals surface area contributed by atoms with E-state index in [1.165, 1.54) is 4.90 Å². The molecule has 1 saturated heterocycles. The fourth-order valence-corrected chi connectivity index (χ4v) is 2.79. The van der Waals surface area contributed by atoms with Gasteiger partial charge in [0.05, 0.1) is 6.54 Å². The Labute approximate surface area is 112 Å². The lowest BCUT2D eigenvalue weighted by molar-refractivity contribution is -0.131. The first-order valence-corrected chi connectivity index (χ1v) is 6.70. The number of amides is 3. The molecule has 1 N–H and O–H groups in total. The van der Waals surface area contributed by atoms with Gasteiger partial charge in [-0.25, -0.2) is 4.79 Å². The summed E-state index contributed by atoms with van der Waals surface area (Å²) < 4.78 is 0. The highest BCUT2D eigenvalue weighted by atomic mass is 16.2. The third-order valence-electron chi connectivity index (χ3n) is 4.12. The molecule has 1 aromatic carbocycles. The number of nitrogens with one attached hydrogen (secondary N) is 1. The van der Waals surface area contributed by atoms with Crippen molar-refractivity contribution in [1.29, 1.82) is 0 Å². The summed E-state index contributed by atoms with van der Waals surface area (Å²) in [6, 6.07) is 7.64. The van der Waals surface area contributed by atoms with Crippen LogP contribution in [-0.4, -0.2) is 22.4 Å². The van der Waals surface area contributed by atoms with Crippen LogP contribution >= 0.6 is 0 Å². The van der Waals surface area contributed by atoms with Crippen LogP contribution in [0.25, 0.3) is 0 Å². The summed E-state index contributed by atoms with van der Waals surface area (Å²) in [5.41, 5.74) is 1.44. The van der Waals surface area contributed by atoms with Gasteiger partial charge in [0.25, 0.3) is 5.91 Å². The van der Waals surface area contributed by atoms with E-state index in [1.54, 1.807) is 0 Å². The molecular weight excluding hydrogens is 240 g/mol. The van der Waals surface area contributed by atoms with Crippen LogP contribution in [0, 0.1) is 12.8 Å². The van der Waals surface area contributed by atoms with Crippen molar-refractivity contribution in [1.82, 2.24) is 10.2 Å². The number of benzene rings is 1. The number of carbonyl (C=O) groups is 2. The topological polar surface area (TPSA) is 49.4 Å². The molecule has 3 amide bonds. The molecule has 100 valence electrons. The Morgan fingerprint density at radius 2 is 2.11 bits per heavy atom. The van der Waals surface area contributed by atoms with Crippen LogP contribution in [0.2, 0.25) is 0 Å². The van der Waals surface area contributed by atoms with Crippen molar-refractivity contribution in [3.63, 3.8) is 0 Å². The van der Waals surface area contributed by atoms with Gasteiger partial charge in [0.15, 0.2) is 0 Å². The molecule has 0 spiro atoms. The smallest absolute Gasteiger partial charge is 0.323 e. The number of hydrogen-bond acceptors (Lipinski definition) is 2. The first-order valence-electron chi connectivity index (χ1n) is 6.70. The molecule has 0 aromatic heterocycles. The molecule has 1 aliphatic carbocycles. The average molecular weight is 258 g/mol. The number of aryl methyl sites for hydroxylation is 1. The zero-order valence-corrected chi connectivity index (χ0v) is 11.3. The lowest BCUT2D eigenvalue weighted by Gasteiger charge is -2.21. The quantitative estimate of drug-likeness (QED) is 0.845. The Bertz CT molecular complexity index is 551. The number of imide groups is 1. The third kappa shape index (κ3) is 2.01. The normalized spacial score (nSPS) is 26.7. The summed E-state index contributed by atoms with van der Waals surface area (Å²) in [7, 11) is 0. The van der Waals surface area contributed by atoms with E-state index in [2.05, 4.69) is 5.32 Å². The summed E-state index contributed by atoms with van der Waals surface area (Å²) in [5, 5.41) is 2.86. The Kier molecular flexibility index (Phi) is 2.62. The van der Waals surface area contributed by atoms with Crippen molar-refractivity contribution >= 4 is 11.9 Å². The Balaban J connectivity index is 1.81. The van der Waals surface area contributed by atoms with Gasteiger partial charge in [0.2, 0.25) is 0 Å². The number of carbonyl (C=O) groups excluding carboxylic acids is 2. The van der Waals surface area contributed by atoms with Gasteiger partial charge >= 0.3 is 6.03 Å². The molecule has 4 heteroatoms. The van der Waals surface area contributed by atoms with Crippen LogP contribution in [0.15, 0.2) is 24.3 Å². The Morgan fingerprint density at radius 3 is 2.74 bits per heavy atom. The van der Waals surface area contributed by atoms with Crippen molar-refractivity contribution in [3.8, 4) is 0 Å². The molecule has 1 atom stereocenters. The molecule has 2 aliphatic rings.